The Kier molecular flexibility index (Phi) is 31.6. The van der Waals surface area contributed by atoms with Gasteiger partial charge in [-0.3, -0.25) is 4.79 Å². The molecule has 1 rings (SSSR count). The largest absolute Gasteiger partial charge is 0.394 e. The summed E-state index contributed by atoms with van der Waals surface area (Å²) < 4.78 is 11.1. The van der Waals surface area contributed by atoms with Gasteiger partial charge in [0, 0.05) is 6.42 Å². The van der Waals surface area contributed by atoms with Crippen LogP contribution in [0, 0.1) is 0 Å². The monoisotopic (exact) mass is 738 g/mol. The molecule has 1 fully saturated rings. The highest BCUT2D eigenvalue weighted by Gasteiger charge is 2.44. The average molecular weight is 738 g/mol. The highest BCUT2D eigenvalue weighted by Crippen LogP contribution is 2.22. The van der Waals surface area contributed by atoms with Gasteiger partial charge in [-0.2, -0.15) is 0 Å². The van der Waals surface area contributed by atoms with Crippen LogP contribution in [0.25, 0.3) is 0 Å². The maximum atomic E-state index is 12.9. The normalized spacial score (nSPS) is 22.2. The summed E-state index contributed by atoms with van der Waals surface area (Å²) in [6.07, 6.45) is 33.4. The number of hydrogen-bond acceptors (Lipinski definition) is 8. The number of allylic oxidation sites excluding steroid dienone is 5. The molecular formula is C43H79NO8. The lowest BCUT2D eigenvalue weighted by atomic mass is 9.99. The molecule has 1 saturated heterocycles. The van der Waals surface area contributed by atoms with Crippen molar-refractivity contribution in [3.05, 3.63) is 36.5 Å². The van der Waals surface area contributed by atoms with Crippen LogP contribution in [-0.4, -0.2) is 87.5 Å². The standard InChI is InChI=1S/C43H79NO8/c1-3-5-7-9-11-13-15-16-17-18-19-20-21-22-23-25-27-29-31-33-39(47)44-36(35-51-43-42(50)41(49)40(48)38(34-45)52-43)37(46)32-30-28-26-24-14-12-10-8-6-4-2/h14,16-17,24,30,32,36-38,40-43,45-46,48-50H,3-13,15,18-23,25-29,31,33-35H2,1-2H3,(H,44,47)/b17-16-,24-14+,32-30+. The summed E-state index contributed by atoms with van der Waals surface area (Å²) in [7, 11) is 0. The van der Waals surface area contributed by atoms with E-state index in [1.807, 2.05) is 6.08 Å². The average Bonchev–Trinajstić information content (AvgIpc) is 3.14. The Morgan fingerprint density at radius 2 is 1.10 bits per heavy atom. The second-order valence-corrected chi connectivity index (χ2v) is 14.8. The zero-order valence-electron chi connectivity index (χ0n) is 33.1. The van der Waals surface area contributed by atoms with Crippen molar-refractivity contribution in [2.24, 2.45) is 0 Å². The van der Waals surface area contributed by atoms with Crippen molar-refractivity contribution >= 4 is 5.91 Å². The fraction of sp³-hybridized carbons (Fsp3) is 0.837. The number of hydrogen-bond donors (Lipinski definition) is 6. The molecule has 304 valence electrons. The number of ether oxygens (including phenoxy) is 2. The van der Waals surface area contributed by atoms with Crippen LogP contribution in [0.3, 0.4) is 0 Å². The van der Waals surface area contributed by atoms with Crippen LogP contribution >= 0.6 is 0 Å². The smallest absolute Gasteiger partial charge is 0.220 e. The van der Waals surface area contributed by atoms with E-state index in [4.69, 9.17) is 9.47 Å². The maximum absolute atomic E-state index is 12.9. The van der Waals surface area contributed by atoms with E-state index in [9.17, 15) is 30.3 Å². The molecule has 9 heteroatoms. The van der Waals surface area contributed by atoms with Crippen LogP contribution in [0.1, 0.15) is 174 Å². The van der Waals surface area contributed by atoms with Gasteiger partial charge in [-0.1, -0.05) is 147 Å². The quantitative estimate of drug-likeness (QED) is 0.0287. The number of rotatable bonds is 34. The summed E-state index contributed by atoms with van der Waals surface area (Å²) in [5, 5.41) is 53.9. The van der Waals surface area contributed by atoms with Crippen molar-refractivity contribution in [2.45, 2.75) is 217 Å². The van der Waals surface area contributed by atoms with Gasteiger partial charge in [0.2, 0.25) is 5.91 Å². The second kappa shape index (κ2) is 33.9. The first-order chi connectivity index (χ1) is 25.3. The van der Waals surface area contributed by atoms with E-state index < -0.39 is 49.5 Å². The molecular weight excluding hydrogens is 658 g/mol. The van der Waals surface area contributed by atoms with Gasteiger partial charge >= 0.3 is 0 Å². The highest BCUT2D eigenvalue weighted by atomic mass is 16.7. The van der Waals surface area contributed by atoms with E-state index >= 15 is 0 Å². The van der Waals surface area contributed by atoms with Crippen molar-refractivity contribution in [3.8, 4) is 0 Å². The number of amides is 1. The zero-order valence-corrected chi connectivity index (χ0v) is 33.1. The second-order valence-electron chi connectivity index (χ2n) is 14.8. The molecule has 0 aromatic rings. The van der Waals surface area contributed by atoms with Gasteiger partial charge in [0.25, 0.3) is 0 Å². The number of aliphatic hydroxyl groups excluding tert-OH is 5. The Hall–Kier alpha value is -1.59. The topological polar surface area (TPSA) is 149 Å². The SMILES string of the molecule is CCCCCC/C=C/CC/C=C/C(O)C(COC1OC(CO)C(O)C(O)C1O)NC(=O)CCCCCCCCCCC/C=C\CCCCCCCC. The van der Waals surface area contributed by atoms with E-state index in [-0.39, 0.29) is 12.5 Å². The highest BCUT2D eigenvalue weighted by molar-refractivity contribution is 5.76. The van der Waals surface area contributed by atoms with Gasteiger partial charge in [0.05, 0.1) is 25.4 Å². The van der Waals surface area contributed by atoms with Gasteiger partial charge in [0.15, 0.2) is 6.29 Å². The molecule has 0 saturated carbocycles. The molecule has 1 aliphatic rings. The van der Waals surface area contributed by atoms with Crippen molar-refractivity contribution in [1.82, 2.24) is 5.32 Å². The lowest BCUT2D eigenvalue weighted by molar-refractivity contribution is -0.302. The molecule has 0 aromatic carbocycles. The van der Waals surface area contributed by atoms with Crippen molar-refractivity contribution in [1.29, 1.82) is 0 Å². The fourth-order valence-corrected chi connectivity index (χ4v) is 6.46. The molecule has 7 atom stereocenters. The lowest BCUT2D eigenvalue weighted by Gasteiger charge is -2.40. The minimum absolute atomic E-state index is 0.193. The third-order valence-electron chi connectivity index (χ3n) is 9.94. The van der Waals surface area contributed by atoms with E-state index in [0.29, 0.717) is 6.42 Å². The molecule has 6 N–H and O–H groups in total. The molecule has 0 aromatic heterocycles. The van der Waals surface area contributed by atoms with Crippen molar-refractivity contribution in [3.63, 3.8) is 0 Å². The van der Waals surface area contributed by atoms with E-state index in [2.05, 4.69) is 43.5 Å². The van der Waals surface area contributed by atoms with E-state index in [0.717, 1.165) is 38.5 Å². The van der Waals surface area contributed by atoms with Gasteiger partial charge in [0.1, 0.15) is 24.4 Å². The molecule has 1 aliphatic heterocycles. The third-order valence-corrected chi connectivity index (χ3v) is 9.94. The lowest BCUT2D eigenvalue weighted by Crippen LogP contribution is -2.60. The summed E-state index contributed by atoms with van der Waals surface area (Å²) >= 11 is 0. The first kappa shape index (κ1) is 48.4. The molecule has 0 bridgehead atoms. The van der Waals surface area contributed by atoms with Crippen LogP contribution in [0.2, 0.25) is 0 Å². The van der Waals surface area contributed by atoms with E-state index in [1.165, 1.54) is 116 Å². The van der Waals surface area contributed by atoms with Gasteiger partial charge < -0.3 is 40.3 Å². The predicted octanol–water partition coefficient (Wildman–Crippen LogP) is 8.11. The summed E-state index contributed by atoms with van der Waals surface area (Å²) in [5.41, 5.74) is 0. The number of aliphatic hydroxyl groups is 5. The van der Waals surface area contributed by atoms with Crippen LogP contribution < -0.4 is 5.32 Å². The van der Waals surface area contributed by atoms with Gasteiger partial charge in [-0.25, -0.2) is 0 Å². The first-order valence-electron chi connectivity index (χ1n) is 21.2. The molecule has 1 amide bonds. The number of carbonyl (C=O) groups is 1. The summed E-state index contributed by atoms with van der Waals surface area (Å²) in [4.78, 5) is 12.9. The number of nitrogens with one attached hydrogen (secondary N) is 1. The Morgan fingerprint density at radius 3 is 1.63 bits per heavy atom. The minimum atomic E-state index is -1.57. The molecule has 0 aliphatic carbocycles. The summed E-state index contributed by atoms with van der Waals surface area (Å²) in [6.45, 7) is 3.70. The summed E-state index contributed by atoms with van der Waals surface area (Å²) in [6, 6.07) is -0.818. The first-order valence-corrected chi connectivity index (χ1v) is 21.2. The van der Waals surface area contributed by atoms with Crippen LogP contribution in [0.5, 0.6) is 0 Å². The molecule has 9 nitrogen and oxygen atoms in total. The van der Waals surface area contributed by atoms with Crippen LogP contribution in [0.4, 0.5) is 0 Å². The zero-order chi connectivity index (χ0) is 38.1. The molecule has 7 unspecified atom stereocenters. The van der Waals surface area contributed by atoms with E-state index in [1.54, 1.807) is 6.08 Å². The number of unbranched alkanes of at least 4 members (excludes halogenated alkanes) is 20. The van der Waals surface area contributed by atoms with Crippen molar-refractivity contribution < 1.29 is 39.8 Å². The van der Waals surface area contributed by atoms with Gasteiger partial charge in [-0.05, 0) is 57.8 Å². The van der Waals surface area contributed by atoms with Gasteiger partial charge in [-0.15, -0.1) is 0 Å². The maximum Gasteiger partial charge on any atom is 0.220 e. The molecule has 52 heavy (non-hydrogen) atoms. The molecule has 0 spiro atoms. The summed E-state index contributed by atoms with van der Waals surface area (Å²) in [5.74, 6) is -0.193. The van der Waals surface area contributed by atoms with Crippen LogP contribution in [0.15, 0.2) is 36.5 Å². The fourth-order valence-electron chi connectivity index (χ4n) is 6.46. The van der Waals surface area contributed by atoms with Crippen molar-refractivity contribution in [2.75, 3.05) is 13.2 Å². The minimum Gasteiger partial charge on any atom is -0.394 e. The van der Waals surface area contributed by atoms with Crippen LogP contribution in [-0.2, 0) is 14.3 Å². The number of carbonyl (C=O) groups excluding carboxylic acids is 1. The molecule has 0 radical (unpaired) electrons. The Bertz CT molecular complexity index is 910. The third kappa shape index (κ3) is 24.7. The predicted molar refractivity (Wildman–Crippen MR) is 212 cm³/mol. The Balaban J connectivity index is 2.36. The molecule has 1 heterocycles. The Labute approximate surface area is 317 Å². The Morgan fingerprint density at radius 1 is 0.635 bits per heavy atom.